The molecular formula is C20H30N6O2. The Bertz CT molecular complexity index is 780. The van der Waals surface area contributed by atoms with Crippen molar-refractivity contribution in [2.45, 2.75) is 44.9 Å². The molecule has 0 radical (unpaired) electrons. The molecule has 1 N–H and O–H groups in total. The highest BCUT2D eigenvalue weighted by molar-refractivity contribution is 5.49. The summed E-state index contributed by atoms with van der Waals surface area (Å²) in [5, 5.41) is 7.85. The molecule has 4 rings (SSSR count). The van der Waals surface area contributed by atoms with Crippen LogP contribution in [-0.2, 0) is 16.5 Å². The van der Waals surface area contributed by atoms with Gasteiger partial charge < -0.3 is 19.7 Å². The lowest BCUT2D eigenvalue weighted by atomic mass is 9.94. The van der Waals surface area contributed by atoms with E-state index >= 15 is 0 Å². The predicted octanol–water partition coefficient (Wildman–Crippen LogP) is 2.40. The Morgan fingerprint density at radius 1 is 1.21 bits per heavy atom. The van der Waals surface area contributed by atoms with Gasteiger partial charge in [0.05, 0.1) is 24.9 Å². The molecule has 8 heteroatoms. The fraction of sp³-hybridized carbons (Fsp3) is 0.650. The Morgan fingerprint density at radius 3 is 2.89 bits per heavy atom. The van der Waals surface area contributed by atoms with E-state index in [4.69, 9.17) is 9.47 Å². The van der Waals surface area contributed by atoms with Crippen LogP contribution in [-0.4, -0.2) is 58.2 Å². The van der Waals surface area contributed by atoms with E-state index < -0.39 is 0 Å². The Labute approximate surface area is 166 Å². The monoisotopic (exact) mass is 386 g/mol. The third kappa shape index (κ3) is 4.28. The fourth-order valence-corrected chi connectivity index (χ4v) is 4.07. The number of hydrogen-bond acceptors (Lipinski definition) is 7. The van der Waals surface area contributed by atoms with E-state index in [9.17, 15) is 0 Å². The van der Waals surface area contributed by atoms with Crippen LogP contribution in [0.15, 0.2) is 24.8 Å². The van der Waals surface area contributed by atoms with Gasteiger partial charge in [-0.05, 0) is 18.8 Å². The van der Waals surface area contributed by atoms with Crippen LogP contribution in [0, 0.1) is 5.92 Å². The van der Waals surface area contributed by atoms with Gasteiger partial charge in [0, 0.05) is 44.6 Å². The normalized spacial score (nSPS) is 25.9. The number of nitrogens with zero attached hydrogens (tertiary/aromatic N) is 5. The number of ether oxygens (including phenoxy) is 2. The summed E-state index contributed by atoms with van der Waals surface area (Å²) in [4.78, 5) is 11.2. The summed E-state index contributed by atoms with van der Waals surface area (Å²) in [5.41, 5.74) is 1.10. The molecule has 3 unspecified atom stereocenters. The van der Waals surface area contributed by atoms with Crippen LogP contribution in [0.3, 0.4) is 0 Å². The highest BCUT2D eigenvalue weighted by atomic mass is 16.5. The zero-order valence-corrected chi connectivity index (χ0v) is 16.9. The number of anilines is 2. The molecule has 2 fully saturated rings. The Hall–Kier alpha value is -2.19. The molecule has 2 saturated heterocycles. The maximum atomic E-state index is 6.00. The van der Waals surface area contributed by atoms with E-state index in [1.807, 2.05) is 30.2 Å². The third-order valence-corrected chi connectivity index (χ3v) is 5.50. The van der Waals surface area contributed by atoms with Crippen molar-refractivity contribution in [2.75, 3.05) is 36.5 Å². The van der Waals surface area contributed by atoms with E-state index in [2.05, 4.69) is 39.1 Å². The zero-order chi connectivity index (χ0) is 19.5. The molecule has 0 saturated carbocycles. The van der Waals surface area contributed by atoms with Gasteiger partial charge in [0.25, 0.3) is 0 Å². The summed E-state index contributed by atoms with van der Waals surface area (Å²) in [7, 11) is 1.92. The van der Waals surface area contributed by atoms with Gasteiger partial charge in [-0.3, -0.25) is 4.68 Å². The molecule has 2 aromatic rings. The van der Waals surface area contributed by atoms with Crippen LogP contribution in [0.25, 0.3) is 0 Å². The second-order valence-electron chi connectivity index (χ2n) is 7.99. The van der Waals surface area contributed by atoms with Crippen molar-refractivity contribution < 1.29 is 9.47 Å². The van der Waals surface area contributed by atoms with Crippen molar-refractivity contribution >= 4 is 11.6 Å². The van der Waals surface area contributed by atoms with Crippen molar-refractivity contribution in [1.82, 2.24) is 19.7 Å². The molecule has 3 atom stereocenters. The number of rotatable bonds is 5. The molecule has 8 nitrogen and oxygen atoms in total. The van der Waals surface area contributed by atoms with Gasteiger partial charge in [-0.25, -0.2) is 9.97 Å². The van der Waals surface area contributed by atoms with Crippen molar-refractivity contribution in [3.05, 3.63) is 30.4 Å². The van der Waals surface area contributed by atoms with Crippen molar-refractivity contribution in [3.63, 3.8) is 0 Å². The Kier molecular flexibility index (Phi) is 5.77. The van der Waals surface area contributed by atoms with Crippen LogP contribution in [0.4, 0.5) is 11.6 Å². The SMILES string of the molecule is CC(C)C1OCCCC1Nc1cc(N2CCOC(c3cnn(C)c3)C2)ncn1. The Balaban J connectivity index is 1.45. The largest absolute Gasteiger partial charge is 0.376 e. The minimum absolute atomic E-state index is 0.00545. The summed E-state index contributed by atoms with van der Waals surface area (Å²) >= 11 is 0. The second kappa shape index (κ2) is 8.45. The van der Waals surface area contributed by atoms with Crippen LogP contribution in [0.5, 0.6) is 0 Å². The van der Waals surface area contributed by atoms with E-state index in [-0.39, 0.29) is 18.2 Å². The molecule has 2 aromatic heterocycles. The molecule has 0 amide bonds. The van der Waals surface area contributed by atoms with Gasteiger partial charge in [0.1, 0.15) is 24.1 Å². The average molecular weight is 387 g/mol. The fourth-order valence-electron chi connectivity index (χ4n) is 4.07. The summed E-state index contributed by atoms with van der Waals surface area (Å²) in [6.45, 7) is 7.50. The molecule has 2 aliphatic heterocycles. The second-order valence-corrected chi connectivity index (χ2v) is 7.99. The minimum Gasteiger partial charge on any atom is -0.376 e. The quantitative estimate of drug-likeness (QED) is 0.845. The smallest absolute Gasteiger partial charge is 0.134 e. The number of morpholine rings is 1. The highest BCUT2D eigenvalue weighted by Crippen LogP contribution is 2.27. The molecular weight excluding hydrogens is 356 g/mol. The minimum atomic E-state index is 0.00545. The number of hydrogen-bond donors (Lipinski definition) is 1. The first kappa shape index (κ1) is 19.1. The number of aromatic nitrogens is 4. The van der Waals surface area contributed by atoms with Gasteiger partial charge in [-0.1, -0.05) is 13.8 Å². The van der Waals surface area contributed by atoms with E-state index in [1.54, 1.807) is 6.33 Å². The topological polar surface area (TPSA) is 77.3 Å². The Morgan fingerprint density at radius 2 is 2.11 bits per heavy atom. The lowest BCUT2D eigenvalue weighted by Gasteiger charge is -2.36. The van der Waals surface area contributed by atoms with Crippen LogP contribution < -0.4 is 10.2 Å². The summed E-state index contributed by atoms with van der Waals surface area (Å²) < 4.78 is 13.8. The van der Waals surface area contributed by atoms with Gasteiger partial charge >= 0.3 is 0 Å². The van der Waals surface area contributed by atoms with Crippen molar-refractivity contribution in [2.24, 2.45) is 13.0 Å². The maximum absolute atomic E-state index is 6.00. The maximum Gasteiger partial charge on any atom is 0.134 e. The molecule has 0 spiro atoms. The summed E-state index contributed by atoms with van der Waals surface area (Å²) in [6.07, 6.45) is 7.92. The molecule has 2 aliphatic rings. The van der Waals surface area contributed by atoms with Crippen molar-refractivity contribution in [3.8, 4) is 0 Å². The van der Waals surface area contributed by atoms with E-state index in [0.717, 1.165) is 49.7 Å². The molecule has 4 heterocycles. The van der Waals surface area contributed by atoms with Crippen LogP contribution in [0.1, 0.15) is 38.4 Å². The first-order valence-corrected chi connectivity index (χ1v) is 10.2. The standard InChI is InChI=1S/C20H30N6O2/c1-14(2)20-16(5-4-7-28-20)24-18-9-19(22-13-21-18)26-6-8-27-17(12-26)15-10-23-25(3)11-15/h9-11,13-14,16-17,20H,4-8,12H2,1-3H3,(H,21,22,24). The molecule has 28 heavy (non-hydrogen) atoms. The van der Waals surface area contributed by atoms with E-state index in [0.29, 0.717) is 12.5 Å². The van der Waals surface area contributed by atoms with Gasteiger partial charge in [0.2, 0.25) is 0 Å². The zero-order valence-electron chi connectivity index (χ0n) is 16.9. The van der Waals surface area contributed by atoms with Crippen LogP contribution in [0.2, 0.25) is 0 Å². The number of aryl methyl sites for hydroxylation is 1. The summed E-state index contributed by atoms with van der Waals surface area (Å²) in [6, 6.07) is 2.32. The number of nitrogens with one attached hydrogen (secondary N) is 1. The lowest BCUT2D eigenvalue weighted by molar-refractivity contribution is -0.0203. The molecule has 152 valence electrons. The van der Waals surface area contributed by atoms with Crippen LogP contribution >= 0.6 is 0 Å². The first-order valence-electron chi connectivity index (χ1n) is 10.2. The van der Waals surface area contributed by atoms with Gasteiger partial charge in [-0.2, -0.15) is 5.10 Å². The molecule has 0 aromatic carbocycles. The highest BCUT2D eigenvalue weighted by Gasteiger charge is 2.29. The van der Waals surface area contributed by atoms with Crippen molar-refractivity contribution in [1.29, 1.82) is 0 Å². The molecule has 0 aliphatic carbocycles. The lowest BCUT2D eigenvalue weighted by Crippen LogP contribution is -2.43. The predicted molar refractivity (Wildman–Crippen MR) is 107 cm³/mol. The van der Waals surface area contributed by atoms with E-state index in [1.165, 1.54) is 0 Å². The third-order valence-electron chi connectivity index (χ3n) is 5.50. The van der Waals surface area contributed by atoms with Gasteiger partial charge in [0.15, 0.2) is 0 Å². The first-order chi connectivity index (χ1) is 13.6. The average Bonchev–Trinajstić information content (AvgIpc) is 3.15. The van der Waals surface area contributed by atoms with Gasteiger partial charge in [-0.15, -0.1) is 0 Å². The summed E-state index contributed by atoms with van der Waals surface area (Å²) in [5.74, 6) is 2.25. The molecule has 0 bridgehead atoms.